The van der Waals surface area contributed by atoms with Crippen LogP contribution in [0.25, 0.3) is 0 Å². The smallest absolute Gasteiger partial charge is 0.239 e. The Bertz CT molecular complexity index is 315. The molecule has 1 amide bonds. The summed E-state index contributed by atoms with van der Waals surface area (Å²) >= 11 is 0. The van der Waals surface area contributed by atoms with E-state index < -0.39 is 0 Å². The summed E-state index contributed by atoms with van der Waals surface area (Å²) < 4.78 is 0. The monoisotopic (exact) mass is 339 g/mol. The Morgan fingerprint density at radius 2 is 1.90 bits per heavy atom. The van der Waals surface area contributed by atoms with Crippen LogP contribution in [-0.2, 0) is 4.79 Å². The molecule has 126 valence electrons. The number of carbonyl (C=O) groups is 1. The van der Waals surface area contributed by atoms with E-state index in [0.29, 0.717) is 12.0 Å². The molecule has 2 heterocycles. The summed E-state index contributed by atoms with van der Waals surface area (Å²) in [5.74, 6) is 0.758. The normalized spacial score (nSPS) is 28.2. The van der Waals surface area contributed by atoms with E-state index in [1.807, 2.05) is 4.90 Å². The van der Waals surface area contributed by atoms with E-state index >= 15 is 0 Å². The molecule has 0 radical (unpaired) electrons. The summed E-state index contributed by atoms with van der Waals surface area (Å²) in [5.41, 5.74) is 5.72. The molecule has 0 aromatic carbocycles. The number of amides is 1. The first-order valence-electron chi connectivity index (χ1n) is 7.86. The topological polar surface area (TPSA) is 49.6 Å². The molecule has 2 aliphatic heterocycles. The van der Waals surface area contributed by atoms with Crippen LogP contribution in [0.3, 0.4) is 0 Å². The van der Waals surface area contributed by atoms with Crippen LogP contribution in [0, 0.1) is 5.92 Å². The molecule has 0 aliphatic carbocycles. The third-order valence-electron chi connectivity index (χ3n) is 4.65. The minimum Gasteiger partial charge on any atom is -0.341 e. The second kappa shape index (κ2) is 9.88. The van der Waals surface area contributed by atoms with Gasteiger partial charge in [0.15, 0.2) is 0 Å². The highest BCUT2D eigenvalue weighted by atomic mass is 35.5. The molecule has 0 aromatic heterocycles. The number of hydrogen-bond donors (Lipinski definition) is 1. The lowest BCUT2D eigenvalue weighted by Crippen LogP contribution is -2.50. The van der Waals surface area contributed by atoms with Crippen molar-refractivity contribution in [2.24, 2.45) is 11.7 Å². The molecule has 0 bridgehead atoms. The summed E-state index contributed by atoms with van der Waals surface area (Å²) in [7, 11) is 0. The highest BCUT2D eigenvalue weighted by Crippen LogP contribution is 2.23. The molecule has 4 nitrogen and oxygen atoms in total. The fourth-order valence-electron chi connectivity index (χ4n) is 3.46. The van der Waals surface area contributed by atoms with Crippen molar-refractivity contribution >= 4 is 30.7 Å². The zero-order valence-corrected chi connectivity index (χ0v) is 14.9. The molecule has 2 rings (SSSR count). The van der Waals surface area contributed by atoms with Gasteiger partial charge in [-0.2, -0.15) is 0 Å². The molecular formula is C15H31Cl2N3O. The Morgan fingerprint density at radius 3 is 2.52 bits per heavy atom. The summed E-state index contributed by atoms with van der Waals surface area (Å²) in [6, 6.07) is 0.362. The van der Waals surface area contributed by atoms with E-state index in [2.05, 4.69) is 11.8 Å². The van der Waals surface area contributed by atoms with Gasteiger partial charge in [-0.15, -0.1) is 24.8 Å². The lowest BCUT2D eigenvalue weighted by Gasteiger charge is -2.40. The largest absolute Gasteiger partial charge is 0.341 e. The summed E-state index contributed by atoms with van der Waals surface area (Å²) in [5, 5.41) is 0. The second-order valence-electron chi connectivity index (χ2n) is 6.42. The van der Waals surface area contributed by atoms with Gasteiger partial charge >= 0.3 is 0 Å². The number of carbonyl (C=O) groups excluding carboxylic acids is 1. The number of nitrogens with two attached hydrogens (primary N) is 1. The maximum atomic E-state index is 12.0. The SMILES string of the molecule is CC1CCCCN1CC1CCCN(C(=O)[C@@H](C)N)C1.Cl.Cl. The fraction of sp³-hybridized carbons (Fsp3) is 0.933. The number of hydrogen-bond acceptors (Lipinski definition) is 3. The average Bonchev–Trinajstić information content (AvgIpc) is 2.41. The van der Waals surface area contributed by atoms with Crippen LogP contribution < -0.4 is 5.73 Å². The van der Waals surface area contributed by atoms with Gasteiger partial charge in [-0.25, -0.2) is 0 Å². The Morgan fingerprint density at radius 1 is 1.19 bits per heavy atom. The van der Waals surface area contributed by atoms with Gasteiger partial charge < -0.3 is 15.5 Å². The highest BCUT2D eigenvalue weighted by molar-refractivity contribution is 5.85. The molecule has 2 fully saturated rings. The quantitative estimate of drug-likeness (QED) is 0.858. The maximum Gasteiger partial charge on any atom is 0.239 e. The van der Waals surface area contributed by atoms with Crippen molar-refractivity contribution in [2.75, 3.05) is 26.2 Å². The Kier molecular flexibility index (Phi) is 9.87. The van der Waals surface area contributed by atoms with E-state index in [0.717, 1.165) is 26.1 Å². The minimum atomic E-state index is -0.354. The first-order chi connectivity index (χ1) is 9.08. The van der Waals surface area contributed by atoms with Gasteiger partial charge in [0.1, 0.15) is 0 Å². The molecule has 3 atom stereocenters. The van der Waals surface area contributed by atoms with Gasteiger partial charge in [-0.3, -0.25) is 4.79 Å². The van der Waals surface area contributed by atoms with E-state index in [9.17, 15) is 4.79 Å². The van der Waals surface area contributed by atoms with Gasteiger partial charge in [0.2, 0.25) is 5.91 Å². The number of likely N-dealkylation sites (tertiary alicyclic amines) is 2. The van der Waals surface area contributed by atoms with Gasteiger partial charge in [-0.1, -0.05) is 6.42 Å². The molecule has 2 unspecified atom stereocenters. The van der Waals surface area contributed by atoms with E-state index in [-0.39, 0.29) is 36.8 Å². The van der Waals surface area contributed by atoms with Gasteiger partial charge in [0.05, 0.1) is 6.04 Å². The van der Waals surface area contributed by atoms with Crippen molar-refractivity contribution in [3.05, 3.63) is 0 Å². The number of halogens is 2. The molecule has 0 saturated carbocycles. The highest BCUT2D eigenvalue weighted by Gasteiger charge is 2.28. The Labute approximate surface area is 141 Å². The molecule has 6 heteroatoms. The van der Waals surface area contributed by atoms with Crippen molar-refractivity contribution in [2.45, 2.75) is 58.0 Å². The maximum absolute atomic E-state index is 12.0. The van der Waals surface area contributed by atoms with Gasteiger partial charge in [0.25, 0.3) is 0 Å². The zero-order chi connectivity index (χ0) is 13.8. The van der Waals surface area contributed by atoms with Crippen LogP contribution in [0.1, 0.15) is 46.0 Å². The van der Waals surface area contributed by atoms with Crippen LogP contribution in [0.15, 0.2) is 0 Å². The van der Waals surface area contributed by atoms with Crippen LogP contribution >= 0.6 is 24.8 Å². The molecule has 2 saturated heterocycles. The van der Waals surface area contributed by atoms with Crippen LogP contribution in [-0.4, -0.2) is 54.0 Å². The Hall–Kier alpha value is -0.0300. The molecule has 0 spiro atoms. The van der Waals surface area contributed by atoms with Gasteiger partial charge in [0, 0.05) is 25.7 Å². The molecular weight excluding hydrogens is 309 g/mol. The van der Waals surface area contributed by atoms with Crippen molar-refractivity contribution in [1.82, 2.24) is 9.80 Å². The number of piperidine rings is 2. The standard InChI is InChI=1S/C15H29N3O.2ClH/c1-12-6-3-4-8-17(12)10-14-7-5-9-18(11-14)15(19)13(2)16;;/h12-14H,3-11,16H2,1-2H3;2*1H/t12?,13-,14?;;/m1../s1. The predicted molar refractivity (Wildman–Crippen MR) is 92.3 cm³/mol. The first-order valence-corrected chi connectivity index (χ1v) is 7.86. The molecule has 0 aromatic rings. The van der Waals surface area contributed by atoms with Crippen LogP contribution in [0.4, 0.5) is 0 Å². The first kappa shape index (κ1) is 21.0. The molecule has 2 N–H and O–H groups in total. The van der Waals surface area contributed by atoms with Crippen molar-refractivity contribution < 1.29 is 4.79 Å². The van der Waals surface area contributed by atoms with Crippen LogP contribution in [0.2, 0.25) is 0 Å². The fourth-order valence-corrected chi connectivity index (χ4v) is 3.46. The summed E-state index contributed by atoms with van der Waals surface area (Å²) in [6.07, 6.45) is 6.42. The molecule has 21 heavy (non-hydrogen) atoms. The number of rotatable bonds is 3. The Balaban J connectivity index is 0.00000200. The number of nitrogens with zero attached hydrogens (tertiary/aromatic N) is 2. The van der Waals surface area contributed by atoms with E-state index in [4.69, 9.17) is 5.73 Å². The summed E-state index contributed by atoms with van der Waals surface area (Å²) in [4.78, 5) is 16.6. The second-order valence-corrected chi connectivity index (χ2v) is 6.42. The predicted octanol–water partition coefficient (Wildman–Crippen LogP) is 2.29. The summed E-state index contributed by atoms with van der Waals surface area (Å²) in [6.45, 7) is 8.32. The minimum absolute atomic E-state index is 0. The van der Waals surface area contributed by atoms with Crippen molar-refractivity contribution in [1.29, 1.82) is 0 Å². The van der Waals surface area contributed by atoms with Gasteiger partial charge in [-0.05, 0) is 52.0 Å². The lowest BCUT2D eigenvalue weighted by molar-refractivity contribution is -0.134. The third kappa shape index (κ3) is 5.93. The van der Waals surface area contributed by atoms with Crippen LogP contribution in [0.5, 0.6) is 0 Å². The average molecular weight is 340 g/mol. The lowest BCUT2D eigenvalue weighted by atomic mass is 9.94. The van der Waals surface area contributed by atoms with Crippen molar-refractivity contribution in [3.63, 3.8) is 0 Å². The zero-order valence-electron chi connectivity index (χ0n) is 13.3. The molecule has 2 aliphatic rings. The third-order valence-corrected chi connectivity index (χ3v) is 4.65. The van der Waals surface area contributed by atoms with E-state index in [1.54, 1.807) is 6.92 Å². The van der Waals surface area contributed by atoms with E-state index in [1.165, 1.54) is 32.2 Å². The van der Waals surface area contributed by atoms with Crippen molar-refractivity contribution in [3.8, 4) is 0 Å².